The van der Waals surface area contributed by atoms with Crippen molar-refractivity contribution in [2.75, 3.05) is 0 Å². The van der Waals surface area contributed by atoms with Gasteiger partial charge < -0.3 is 11.0 Å². The van der Waals surface area contributed by atoms with Gasteiger partial charge in [0.1, 0.15) is 0 Å². The molecule has 0 aliphatic carbocycles. The van der Waals surface area contributed by atoms with Crippen molar-refractivity contribution in [2.45, 2.75) is 0 Å². The third kappa shape index (κ3) is 249. The first-order chi connectivity index (χ1) is 2.00. The fourth-order valence-corrected chi connectivity index (χ4v) is 0. The fraction of sp³-hybridized carbons (Fsp3) is 0. The van der Waals surface area contributed by atoms with E-state index in [4.69, 9.17) is 15.9 Å². The largest absolute Gasteiger partial charge is 4.00 e. The zero-order chi connectivity index (χ0) is 4.50. The number of rotatable bonds is 0. The molecule has 0 heterocycles. The van der Waals surface area contributed by atoms with Crippen LogP contribution < -0.4 is 8.32 Å². The van der Waals surface area contributed by atoms with Gasteiger partial charge in [-0.15, -0.1) is 0 Å². The monoisotopic (exact) mass is 220 g/mol. The average molecular weight is 220 g/mol. The molecule has 0 radical (unpaired) electrons. The molecule has 0 aromatic rings. The van der Waals surface area contributed by atoms with E-state index in [0.717, 1.165) is 0 Å². The van der Waals surface area contributed by atoms with Gasteiger partial charge in [-0.1, -0.05) is 0 Å². The number of hydrogen-bond acceptors (Lipinski definition) is 4. The van der Waals surface area contributed by atoms with Gasteiger partial charge in [0.2, 0.25) is 0 Å². The van der Waals surface area contributed by atoms with Crippen LogP contribution in [0.25, 0.3) is 0 Å². The molecule has 9 heteroatoms. The molecule has 0 aliphatic heterocycles. The first kappa shape index (κ1) is 31.4. The zero-order valence-corrected chi connectivity index (χ0v) is 8.32. The molecule has 0 unspecified atom stereocenters. The Balaban J connectivity index is -0.0000000133. The normalized spacial score (nSPS) is 6.44. The maximum absolute atomic E-state index is 8.59. The van der Waals surface area contributed by atoms with Gasteiger partial charge in [0.05, 0.1) is 0 Å². The van der Waals surface area contributed by atoms with Crippen LogP contribution in [0.1, 0.15) is 0 Å². The summed E-state index contributed by atoms with van der Waals surface area (Å²) in [4.78, 5) is 0. The smallest absolute Gasteiger partial charge is 4.00 e. The zero-order valence-electron chi connectivity index (χ0n) is 4.06. The second-order valence-corrected chi connectivity index (χ2v) is 1.68. The third-order valence-corrected chi connectivity index (χ3v) is 0. The SMILES string of the molecule is [Mg+2].[O-2].[O-2].[O]=[Cr](=[O])([O-])[O-].[Ti+4]. The van der Waals surface area contributed by atoms with E-state index < -0.39 is 13.6 Å². The molecule has 0 saturated heterocycles. The summed E-state index contributed by atoms with van der Waals surface area (Å²) in [6.45, 7) is 0. The van der Waals surface area contributed by atoms with E-state index in [-0.39, 0.29) is 55.7 Å². The second kappa shape index (κ2) is 12.2. The fourth-order valence-electron chi connectivity index (χ4n) is 0. The molecule has 48 valence electrons. The summed E-state index contributed by atoms with van der Waals surface area (Å²) < 4.78 is 34.4. The molecule has 0 bridgehead atoms. The van der Waals surface area contributed by atoms with Gasteiger partial charge >= 0.3 is 74.3 Å². The molecule has 0 aromatic carbocycles. The van der Waals surface area contributed by atoms with Crippen LogP contribution in [-0.2, 0) is 53.9 Å². The Labute approximate surface area is 84.7 Å². The van der Waals surface area contributed by atoms with Crippen LogP contribution in [0.5, 0.6) is 0 Å². The molecular formula is CrMgO6Ti. The maximum atomic E-state index is 8.59. The van der Waals surface area contributed by atoms with Crippen LogP contribution in [0.15, 0.2) is 0 Å². The summed E-state index contributed by atoms with van der Waals surface area (Å²) in [5.41, 5.74) is 0. The molecular weight excluding hydrogens is 220 g/mol. The van der Waals surface area contributed by atoms with Gasteiger partial charge in [0.25, 0.3) is 0 Å². The van der Waals surface area contributed by atoms with Crippen molar-refractivity contribution >= 4 is 23.1 Å². The molecule has 0 saturated carbocycles. The van der Waals surface area contributed by atoms with Crippen molar-refractivity contribution in [1.29, 1.82) is 0 Å². The minimum absolute atomic E-state index is 0. The van der Waals surface area contributed by atoms with E-state index in [2.05, 4.69) is 0 Å². The van der Waals surface area contributed by atoms with Crippen molar-refractivity contribution < 1.29 is 62.2 Å². The van der Waals surface area contributed by atoms with Crippen LogP contribution in [-0.4, -0.2) is 23.1 Å². The Morgan fingerprint density at radius 1 is 1.00 bits per heavy atom. The van der Waals surface area contributed by atoms with Gasteiger partial charge in [-0.3, -0.25) is 0 Å². The summed E-state index contributed by atoms with van der Waals surface area (Å²) in [6, 6.07) is 0. The Morgan fingerprint density at radius 2 is 1.00 bits per heavy atom. The average Bonchev–Trinajstić information content (AvgIpc) is 0.722. The molecule has 0 aliphatic rings. The van der Waals surface area contributed by atoms with Gasteiger partial charge in [0, 0.05) is 0 Å². The quantitative estimate of drug-likeness (QED) is 0.396. The van der Waals surface area contributed by atoms with E-state index in [0.29, 0.717) is 0 Å². The summed E-state index contributed by atoms with van der Waals surface area (Å²) in [6.07, 6.45) is 0. The predicted molar refractivity (Wildman–Crippen MR) is 8.50 cm³/mol. The van der Waals surface area contributed by atoms with Gasteiger partial charge in [-0.25, -0.2) is 0 Å². The van der Waals surface area contributed by atoms with Crippen LogP contribution in [0.2, 0.25) is 0 Å². The number of hydrogen-bond donors (Lipinski definition) is 0. The third-order valence-electron chi connectivity index (χ3n) is 0. The summed E-state index contributed by atoms with van der Waals surface area (Å²) >= 11 is -5.75. The summed E-state index contributed by atoms with van der Waals surface area (Å²) in [5.74, 6) is 0. The maximum Gasteiger partial charge on any atom is 4.00 e. The molecule has 0 amide bonds. The molecule has 0 fully saturated rings. The van der Waals surface area contributed by atoms with Crippen molar-refractivity contribution in [1.82, 2.24) is 0 Å². The molecule has 0 spiro atoms. The van der Waals surface area contributed by atoms with Crippen molar-refractivity contribution in [2.24, 2.45) is 0 Å². The first-order valence-electron chi connectivity index (χ1n) is 0.667. The summed E-state index contributed by atoms with van der Waals surface area (Å²) in [7, 11) is 0. The van der Waals surface area contributed by atoms with Crippen LogP contribution >= 0.6 is 0 Å². The van der Waals surface area contributed by atoms with Crippen molar-refractivity contribution in [3.05, 3.63) is 0 Å². The molecule has 9 heavy (non-hydrogen) atoms. The Kier molecular flexibility index (Phi) is 42.4. The van der Waals surface area contributed by atoms with Crippen LogP contribution in [0.4, 0.5) is 0 Å². The topological polar surface area (TPSA) is 137 Å². The predicted octanol–water partition coefficient (Wildman–Crippen LogP) is -3.24. The van der Waals surface area contributed by atoms with E-state index >= 15 is 0 Å². The van der Waals surface area contributed by atoms with E-state index in [1.165, 1.54) is 0 Å². The minimum atomic E-state index is -5.75. The van der Waals surface area contributed by atoms with Gasteiger partial charge in [-0.05, 0) is 0 Å². The minimum Gasteiger partial charge on any atom is 4.00 e. The van der Waals surface area contributed by atoms with Gasteiger partial charge in [0.15, 0.2) is 0 Å². The summed E-state index contributed by atoms with van der Waals surface area (Å²) in [5, 5.41) is 0. The van der Waals surface area contributed by atoms with Gasteiger partial charge in [-0.2, -0.15) is 0 Å². The van der Waals surface area contributed by atoms with Crippen LogP contribution in [0, 0.1) is 0 Å². The Morgan fingerprint density at radius 3 is 1.00 bits per heavy atom. The molecule has 0 aromatic heterocycles. The van der Waals surface area contributed by atoms with E-state index in [1.807, 2.05) is 0 Å². The molecule has 0 rings (SSSR count). The Hall–Kier alpha value is 1.45. The molecule has 0 atom stereocenters. The van der Waals surface area contributed by atoms with Crippen LogP contribution in [0.3, 0.4) is 0 Å². The molecule has 0 N–H and O–H groups in total. The standard InChI is InChI=1S/Cr.Mg.6O.Ti/q;+2;;;2*-2;2*-1;+4. The van der Waals surface area contributed by atoms with E-state index in [1.54, 1.807) is 0 Å². The van der Waals surface area contributed by atoms with Crippen molar-refractivity contribution in [3.8, 4) is 0 Å². The van der Waals surface area contributed by atoms with E-state index in [9.17, 15) is 0 Å². The Bertz CT molecular complexity index is 96.2. The second-order valence-electron chi connectivity index (χ2n) is 0.408. The first-order valence-corrected chi connectivity index (χ1v) is 2.75. The molecule has 6 nitrogen and oxygen atoms in total. The van der Waals surface area contributed by atoms with Crippen molar-refractivity contribution in [3.63, 3.8) is 0 Å².